The molecule has 0 atom stereocenters. The van der Waals surface area contributed by atoms with Crippen LogP contribution in [0.25, 0.3) is 0 Å². The first kappa shape index (κ1) is 21.4. The van der Waals surface area contributed by atoms with Gasteiger partial charge in [-0.15, -0.1) is 0 Å². The molecule has 1 aromatic heterocycles. The molecule has 0 bridgehead atoms. The van der Waals surface area contributed by atoms with E-state index in [1.54, 1.807) is 54.6 Å². The lowest BCUT2D eigenvalue weighted by molar-refractivity contribution is 0.0939. The van der Waals surface area contributed by atoms with Crippen molar-refractivity contribution in [3.05, 3.63) is 76.6 Å². The highest BCUT2D eigenvalue weighted by Gasteiger charge is 2.13. The lowest BCUT2D eigenvalue weighted by Gasteiger charge is -2.07. The van der Waals surface area contributed by atoms with E-state index in [0.717, 1.165) is 0 Å². The molecular weight excluding hydrogens is 406 g/mol. The number of nitrogens with zero attached hydrogens (tertiary/aromatic N) is 1. The zero-order valence-corrected chi connectivity index (χ0v) is 17.4. The van der Waals surface area contributed by atoms with Crippen LogP contribution in [-0.2, 0) is 6.61 Å². The number of carbonyl (C=O) groups excluding carboxylic acids is 2. The van der Waals surface area contributed by atoms with Crippen LogP contribution < -0.4 is 15.4 Å². The third-order valence-corrected chi connectivity index (χ3v) is 4.31. The quantitative estimate of drug-likeness (QED) is 0.550. The standard InChI is InChI=1S/C22H22ClN3O4/c1-14(2)12-24-22(28)20-11-19(30-26-20)13-29-18-9-7-17(8-10-18)25-21(27)15-3-5-16(23)6-4-15/h3-11,14H,12-13H2,1-2H3,(H,24,28)(H,25,27). The number of hydrogen-bond acceptors (Lipinski definition) is 5. The lowest BCUT2D eigenvalue weighted by Crippen LogP contribution is -2.27. The van der Waals surface area contributed by atoms with Crippen molar-refractivity contribution in [2.24, 2.45) is 5.92 Å². The van der Waals surface area contributed by atoms with Crippen molar-refractivity contribution in [3.63, 3.8) is 0 Å². The summed E-state index contributed by atoms with van der Waals surface area (Å²) in [4.78, 5) is 24.2. The van der Waals surface area contributed by atoms with Crippen LogP contribution in [0.5, 0.6) is 5.75 Å². The molecule has 0 aliphatic rings. The molecule has 0 aliphatic heterocycles. The van der Waals surface area contributed by atoms with Gasteiger partial charge in [-0.1, -0.05) is 30.6 Å². The predicted octanol–water partition coefficient (Wildman–Crippen LogP) is 4.55. The van der Waals surface area contributed by atoms with E-state index in [2.05, 4.69) is 15.8 Å². The number of hydrogen-bond donors (Lipinski definition) is 2. The zero-order chi connectivity index (χ0) is 21.5. The number of amides is 2. The summed E-state index contributed by atoms with van der Waals surface area (Å²) in [6.07, 6.45) is 0. The number of rotatable bonds is 8. The van der Waals surface area contributed by atoms with Crippen LogP contribution in [0, 0.1) is 5.92 Å². The largest absolute Gasteiger partial charge is 0.486 e. The van der Waals surface area contributed by atoms with Crippen molar-refractivity contribution >= 4 is 29.1 Å². The molecule has 30 heavy (non-hydrogen) atoms. The lowest BCUT2D eigenvalue weighted by atomic mass is 10.2. The van der Waals surface area contributed by atoms with E-state index in [4.69, 9.17) is 20.9 Å². The van der Waals surface area contributed by atoms with E-state index in [0.29, 0.717) is 40.2 Å². The fourth-order valence-electron chi connectivity index (χ4n) is 2.47. The molecule has 3 rings (SSSR count). The third-order valence-electron chi connectivity index (χ3n) is 4.06. The van der Waals surface area contributed by atoms with Crippen LogP contribution in [0.15, 0.2) is 59.1 Å². The number of anilines is 1. The Hall–Kier alpha value is -3.32. The van der Waals surface area contributed by atoms with Gasteiger partial charge in [0.15, 0.2) is 11.5 Å². The maximum absolute atomic E-state index is 12.2. The van der Waals surface area contributed by atoms with Crippen LogP contribution in [0.4, 0.5) is 5.69 Å². The van der Waals surface area contributed by atoms with E-state index in [1.807, 2.05) is 13.8 Å². The highest BCUT2D eigenvalue weighted by Crippen LogP contribution is 2.18. The zero-order valence-electron chi connectivity index (χ0n) is 16.6. The minimum Gasteiger partial charge on any atom is -0.486 e. The smallest absolute Gasteiger partial charge is 0.273 e. The molecule has 0 saturated carbocycles. The number of ether oxygens (including phenoxy) is 1. The van der Waals surface area contributed by atoms with Crippen LogP contribution in [-0.4, -0.2) is 23.5 Å². The second-order valence-electron chi connectivity index (χ2n) is 7.06. The molecular formula is C22H22ClN3O4. The Morgan fingerprint density at radius 2 is 1.77 bits per heavy atom. The molecule has 8 heteroatoms. The number of aromatic nitrogens is 1. The average Bonchev–Trinajstić information content (AvgIpc) is 3.21. The second-order valence-corrected chi connectivity index (χ2v) is 7.49. The monoisotopic (exact) mass is 427 g/mol. The molecule has 0 saturated heterocycles. The molecule has 0 spiro atoms. The van der Waals surface area contributed by atoms with Gasteiger partial charge in [-0.2, -0.15) is 0 Å². The van der Waals surface area contributed by atoms with E-state index in [1.165, 1.54) is 0 Å². The topological polar surface area (TPSA) is 93.5 Å². The number of carbonyl (C=O) groups is 2. The van der Waals surface area contributed by atoms with Gasteiger partial charge in [0.2, 0.25) is 0 Å². The number of nitrogens with one attached hydrogen (secondary N) is 2. The Morgan fingerprint density at radius 3 is 2.43 bits per heavy atom. The summed E-state index contributed by atoms with van der Waals surface area (Å²) in [7, 11) is 0. The van der Waals surface area contributed by atoms with Gasteiger partial charge in [0.1, 0.15) is 12.4 Å². The average molecular weight is 428 g/mol. The summed E-state index contributed by atoms with van der Waals surface area (Å²) in [5.74, 6) is 0.860. The van der Waals surface area contributed by atoms with Crippen molar-refractivity contribution in [2.45, 2.75) is 20.5 Å². The first-order chi connectivity index (χ1) is 14.4. The molecule has 0 radical (unpaired) electrons. The predicted molar refractivity (Wildman–Crippen MR) is 114 cm³/mol. The van der Waals surface area contributed by atoms with Crippen molar-refractivity contribution in [1.29, 1.82) is 0 Å². The molecule has 1 heterocycles. The molecule has 2 amide bonds. The fourth-order valence-corrected chi connectivity index (χ4v) is 2.59. The third kappa shape index (κ3) is 6.09. The van der Waals surface area contributed by atoms with Crippen molar-refractivity contribution in [3.8, 4) is 5.75 Å². The minimum absolute atomic E-state index is 0.126. The normalized spacial score (nSPS) is 10.7. The Labute approximate surface area is 179 Å². The van der Waals surface area contributed by atoms with Crippen LogP contribution in [0.2, 0.25) is 5.02 Å². The van der Waals surface area contributed by atoms with Gasteiger partial charge in [0, 0.05) is 28.9 Å². The fraction of sp³-hybridized carbons (Fsp3) is 0.227. The Balaban J connectivity index is 1.51. The first-order valence-electron chi connectivity index (χ1n) is 9.44. The Morgan fingerprint density at radius 1 is 1.07 bits per heavy atom. The highest BCUT2D eigenvalue weighted by atomic mass is 35.5. The van der Waals surface area contributed by atoms with Gasteiger partial charge in [0.05, 0.1) is 0 Å². The summed E-state index contributed by atoms with van der Waals surface area (Å²) >= 11 is 5.83. The van der Waals surface area contributed by atoms with Crippen molar-refractivity contribution in [2.75, 3.05) is 11.9 Å². The van der Waals surface area contributed by atoms with Crippen LogP contribution in [0.1, 0.15) is 40.5 Å². The first-order valence-corrected chi connectivity index (χ1v) is 9.82. The molecule has 7 nitrogen and oxygen atoms in total. The molecule has 0 unspecified atom stereocenters. The van der Waals surface area contributed by atoms with E-state index in [-0.39, 0.29) is 24.1 Å². The molecule has 156 valence electrons. The van der Waals surface area contributed by atoms with Gasteiger partial charge in [-0.3, -0.25) is 9.59 Å². The Bertz CT molecular complexity index is 998. The van der Waals surface area contributed by atoms with Gasteiger partial charge in [0.25, 0.3) is 11.8 Å². The molecule has 2 N–H and O–H groups in total. The van der Waals surface area contributed by atoms with Crippen molar-refractivity contribution < 1.29 is 18.8 Å². The van der Waals surface area contributed by atoms with Gasteiger partial charge < -0.3 is 19.9 Å². The maximum Gasteiger partial charge on any atom is 0.273 e. The van der Waals surface area contributed by atoms with Crippen LogP contribution in [0.3, 0.4) is 0 Å². The highest BCUT2D eigenvalue weighted by molar-refractivity contribution is 6.30. The minimum atomic E-state index is -0.278. The van der Waals surface area contributed by atoms with Gasteiger partial charge in [-0.05, 0) is 54.4 Å². The number of halogens is 1. The summed E-state index contributed by atoms with van der Waals surface area (Å²) < 4.78 is 10.8. The number of benzene rings is 2. The van der Waals surface area contributed by atoms with Crippen LogP contribution >= 0.6 is 11.6 Å². The molecule has 2 aromatic carbocycles. The van der Waals surface area contributed by atoms with Gasteiger partial charge in [-0.25, -0.2) is 0 Å². The molecule has 0 fully saturated rings. The van der Waals surface area contributed by atoms with Crippen molar-refractivity contribution in [1.82, 2.24) is 10.5 Å². The molecule has 0 aliphatic carbocycles. The van der Waals surface area contributed by atoms with Gasteiger partial charge >= 0.3 is 0 Å². The SMILES string of the molecule is CC(C)CNC(=O)c1cc(COc2ccc(NC(=O)c3ccc(Cl)cc3)cc2)on1. The molecule has 3 aromatic rings. The van der Waals surface area contributed by atoms with E-state index in [9.17, 15) is 9.59 Å². The second kappa shape index (κ2) is 9.93. The summed E-state index contributed by atoms with van der Waals surface area (Å²) in [5.41, 5.74) is 1.36. The van der Waals surface area contributed by atoms with E-state index < -0.39 is 0 Å². The van der Waals surface area contributed by atoms with E-state index >= 15 is 0 Å². The summed E-state index contributed by atoms with van der Waals surface area (Å²) in [6.45, 7) is 4.72. The summed E-state index contributed by atoms with van der Waals surface area (Å²) in [5, 5.41) is 9.92. The Kier molecular flexibility index (Phi) is 7.08. The summed E-state index contributed by atoms with van der Waals surface area (Å²) in [6, 6.07) is 15.1. The maximum atomic E-state index is 12.2.